The molecule has 0 amide bonds. The summed E-state index contributed by atoms with van der Waals surface area (Å²) in [5, 5.41) is 10.3. The summed E-state index contributed by atoms with van der Waals surface area (Å²) < 4.78 is 0. The van der Waals surface area contributed by atoms with Gasteiger partial charge in [-0.3, -0.25) is 0 Å². The zero-order chi connectivity index (χ0) is 12.8. The average molecular weight is 274 g/mol. The molecular formula is C13H20ClNOS. The Bertz CT molecular complexity index is 331. The second-order valence-corrected chi connectivity index (χ2v) is 6.19. The summed E-state index contributed by atoms with van der Waals surface area (Å²) >= 11 is 7.60. The van der Waals surface area contributed by atoms with Crippen LogP contribution in [-0.4, -0.2) is 23.0 Å². The molecule has 0 saturated carbocycles. The van der Waals surface area contributed by atoms with Gasteiger partial charge in [-0.2, -0.15) is 0 Å². The maximum Gasteiger partial charge on any atom is 0.0547 e. The van der Waals surface area contributed by atoms with Crippen LogP contribution in [0.4, 0.5) is 0 Å². The second kappa shape index (κ2) is 7.27. The van der Waals surface area contributed by atoms with Gasteiger partial charge in [0, 0.05) is 21.6 Å². The van der Waals surface area contributed by atoms with Crippen LogP contribution in [0.3, 0.4) is 0 Å². The first-order valence-electron chi connectivity index (χ1n) is 5.85. The summed E-state index contributed by atoms with van der Waals surface area (Å²) in [5.41, 5.74) is 7.33. The molecular weight excluding hydrogens is 254 g/mol. The maximum absolute atomic E-state index is 9.15. The van der Waals surface area contributed by atoms with Gasteiger partial charge in [0.15, 0.2) is 0 Å². The van der Waals surface area contributed by atoms with Crippen molar-refractivity contribution in [3.8, 4) is 0 Å². The van der Waals surface area contributed by atoms with Crippen molar-refractivity contribution in [2.45, 2.75) is 36.8 Å². The molecule has 3 N–H and O–H groups in total. The third kappa shape index (κ3) is 4.51. The number of aliphatic hydroxyl groups excluding tert-OH is 1. The van der Waals surface area contributed by atoms with Crippen LogP contribution in [0.15, 0.2) is 24.3 Å². The van der Waals surface area contributed by atoms with Crippen molar-refractivity contribution < 1.29 is 5.11 Å². The summed E-state index contributed by atoms with van der Waals surface area (Å²) in [6.45, 7) is 4.26. The molecule has 0 aliphatic heterocycles. The number of thioether (sulfide) groups is 1. The van der Waals surface area contributed by atoms with E-state index in [9.17, 15) is 0 Å². The fourth-order valence-corrected chi connectivity index (χ4v) is 3.01. The lowest BCUT2D eigenvalue weighted by Gasteiger charge is -2.25. The highest BCUT2D eigenvalue weighted by molar-refractivity contribution is 8.00. The molecule has 1 aromatic rings. The van der Waals surface area contributed by atoms with E-state index in [-0.39, 0.29) is 23.1 Å². The van der Waals surface area contributed by atoms with Crippen molar-refractivity contribution in [2.24, 2.45) is 5.73 Å². The smallest absolute Gasteiger partial charge is 0.0547 e. The van der Waals surface area contributed by atoms with Crippen LogP contribution in [0.2, 0.25) is 5.02 Å². The molecule has 0 aliphatic rings. The fourth-order valence-electron chi connectivity index (χ4n) is 1.59. The molecule has 3 atom stereocenters. The molecule has 0 saturated heterocycles. The SMILES string of the molecule is CCC(N)C(SC(C)CO)c1ccc(Cl)cc1. The van der Waals surface area contributed by atoms with Crippen molar-refractivity contribution in [1.29, 1.82) is 0 Å². The van der Waals surface area contributed by atoms with Gasteiger partial charge in [-0.15, -0.1) is 11.8 Å². The first kappa shape index (κ1) is 14.8. The van der Waals surface area contributed by atoms with E-state index in [4.69, 9.17) is 22.4 Å². The lowest BCUT2D eigenvalue weighted by atomic mass is 10.0. The molecule has 4 heteroatoms. The molecule has 3 unspecified atom stereocenters. The summed E-state index contributed by atoms with van der Waals surface area (Å²) in [7, 11) is 0. The molecule has 1 rings (SSSR count). The average Bonchev–Trinajstić information content (AvgIpc) is 2.36. The third-order valence-electron chi connectivity index (χ3n) is 2.69. The number of rotatable bonds is 6. The van der Waals surface area contributed by atoms with Crippen LogP contribution in [0.25, 0.3) is 0 Å². The van der Waals surface area contributed by atoms with Gasteiger partial charge in [0.1, 0.15) is 0 Å². The Labute approximate surface area is 113 Å². The van der Waals surface area contributed by atoms with E-state index in [1.54, 1.807) is 11.8 Å². The van der Waals surface area contributed by atoms with Crippen molar-refractivity contribution in [3.05, 3.63) is 34.9 Å². The summed E-state index contributed by atoms with van der Waals surface area (Å²) in [6.07, 6.45) is 0.915. The molecule has 0 heterocycles. The van der Waals surface area contributed by atoms with E-state index < -0.39 is 0 Å². The van der Waals surface area contributed by atoms with E-state index in [2.05, 4.69) is 6.92 Å². The molecule has 0 fully saturated rings. The Balaban J connectivity index is 2.85. The number of nitrogens with two attached hydrogens (primary N) is 1. The van der Waals surface area contributed by atoms with E-state index in [1.165, 1.54) is 5.56 Å². The van der Waals surface area contributed by atoms with Crippen LogP contribution in [0.5, 0.6) is 0 Å². The molecule has 0 aromatic heterocycles. The summed E-state index contributed by atoms with van der Waals surface area (Å²) in [4.78, 5) is 0. The van der Waals surface area contributed by atoms with Gasteiger partial charge in [0.25, 0.3) is 0 Å². The first-order valence-corrected chi connectivity index (χ1v) is 7.18. The van der Waals surface area contributed by atoms with Crippen molar-refractivity contribution >= 4 is 23.4 Å². The van der Waals surface area contributed by atoms with Gasteiger partial charge in [-0.25, -0.2) is 0 Å². The standard InChI is InChI=1S/C13H20ClNOS/c1-3-12(15)13(17-9(2)8-16)10-4-6-11(14)7-5-10/h4-7,9,12-13,16H,3,8,15H2,1-2H3. The molecule has 0 aliphatic carbocycles. The quantitative estimate of drug-likeness (QED) is 0.837. The van der Waals surface area contributed by atoms with Crippen LogP contribution >= 0.6 is 23.4 Å². The van der Waals surface area contributed by atoms with Crippen LogP contribution < -0.4 is 5.73 Å². The predicted octanol–water partition coefficient (Wildman–Crippen LogP) is 3.23. The zero-order valence-corrected chi connectivity index (χ0v) is 11.8. The summed E-state index contributed by atoms with van der Waals surface area (Å²) in [6, 6.07) is 7.89. The minimum atomic E-state index is 0.0928. The molecule has 1 aromatic carbocycles. The highest BCUT2D eigenvalue weighted by Crippen LogP contribution is 2.35. The van der Waals surface area contributed by atoms with Crippen molar-refractivity contribution in [3.63, 3.8) is 0 Å². The number of aliphatic hydroxyl groups is 1. The van der Waals surface area contributed by atoms with E-state index in [0.29, 0.717) is 0 Å². The number of hydrogen-bond donors (Lipinski definition) is 2. The van der Waals surface area contributed by atoms with Gasteiger partial charge in [-0.1, -0.05) is 37.6 Å². The van der Waals surface area contributed by atoms with Gasteiger partial charge in [0.05, 0.1) is 6.61 Å². The lowest BCUT2D eigenvalue weighted by Crippen LogP contribution is -2.27. The van der Waals surface area contributed by atoms with E-state index in [1.807, 2.05) is 31.2 Å². The Morgan fingerprint density at radius 3 is 2.41 bits per heavy atom. The van der Waals surface area contributed by atoms with E-state index >= 15 is 0 Å². The van der Waals surface area contributed by atoms with Gasteiger partial charge < -0.3 is 10.8 Å². The predicted molar refractivity (Wildman–Crippen MR) is 76.6 cm³/mol. The minimum absolute atomic E-state index is 0.0928. The van der Waals surface area contributed by atoms with Gasteiger partial charge >= 0.3 is 0 Å². The Kier molecular flexibility index (Phi) is 6.34. The molecule has 17 heavy (non-hydrogen) atoms. The van der Waals surface area contributed by atoms with Crippen LogP contribution in [-0.2, 0) is 0 Å². The largest absolute Gasteiger partial charge is 0.395 e. The minimum Gasteiger partial charge on any atom is -0.395 e. The number of halogens is 1. The zero-order valence-electron chi connectivity index (χ0n) is 10.3. The maximum atomic E-state index is 9.15. The number of hydrogen-bond acceptors (Lipinski definition) is 3. The monoisotopic (exact) mass is 273 g/mol. The van der Waals surface area contributed by atoms with Gasteiger partial charge in [-0.05, 0) is 24.1 Å². The fraction of sp³-hybridized carbons (Fsp3) is 0.538. The molecule has 0 spiro atoms. The third-order valence-corrected chi connectivity index (χ3v) is 4.48. The molecule has 0 radical (unpaired) electrons. The van der Waals surface area contributed by atoms with Crippen molar-refractivity contribution in [1.82, 2.24) is 0 Å². The molecule has 0 bridgehead atoms. The first-order chi connectivity index (χ1) is 8.08. The van der Waals surface area contributed by atoms with Crippen LogP contribution in [0, 0.1) is 0 Å². The Hall–Kier alpha value is -0.220. The van der Waals surface area contributed by atoms with E-state index in [0.717, 1.165) is 11.4 Å². The highest BCUT2D eigenvalue weighted by atomic mass is 35.5. The second-order valence-electron chi connectivity index (χ2n) is 4.17. The number of benzene rings is 1. The highest BCUT2D eigenvalue weighted by Gasteiger charge is 2.21. The van der Waals surface area contributed by atoms with Crippen LogP contribution in [0.1, 0.15) is 31.1 Å². The molecule has 2 nitrogen and oxygen atoms in total. The molecule has 96 valence electrons. The van der Waals surface area contributed by atoms with Gasteiger partial charge in [0.2, 0.25) is 0 Å². The Morgan fingerprint density at radius 1 is 1.35 bits per heavy atom. The lowest BCUT2D eigenvalue weighted by molar-refractivity contribution is 0.299. The topological polar surface area (TPSA) is 46.2 Å². The Morgan fingerprint density at radius 2 is 1.94 bits per heavy atom. The van der Waals surface area contributed by atoms with Crippen molar-refractivity contribution in [2.75, 3.05) is 6.61 Å². The normalized spacial score (nSPS) is 16.5. The summed E-state index contributed by atoms with van der Waals surface area (Å²) in [5.74, 6) is 0.